The molecular weight excluding hydrogens is 396 g/mol. The maximum Gasteiger partial charge on any atom is 0.410 e. The van der Waals surface area contributed by atoms with Crippen molar-refractivity contribution in [1.29, 1.82) is 0 Å². The van der Waals surface area contributed by atoms with E-state index in [0.29, 0.717) is 37.2 Å². The molecule has 3 heterocycles. The molecule has 9 heteroatoms. The molecule has 0 fully saturated rings. The zero-order valence-electron chi connectivity index (χ0n) is 18.7. The molecule has 0 unspecified atom stereocenters. The lowest BCUT2D eigenvalue weighted by molar-refractivity contribution is 0.0838. The number of carbonyl (C=O) groups excluding carboxylic acids is 1. The van der Waals surface area contributed by atoms with Crippen LogP contribution < -0.4 is 10.1 Å². The van der Waals surface area contributed by atoms with E-state index in [1.54, 1.807) is 35.1 Å². The van der Waals surface area contributed by atoms with Crippen molar-refractivity contribution in [2.24, 2.45) is 5.92 Å². The van der Waals surface area contributed by atoms with Crippen molar-refractivity contribution in [3.8, 4) is 17.0 Å². The molecule has 0 aliphatic heterocycles. The highest BCUT2D eigenvalue weighted by atomic mass is 16.6. The zero-order chi connectivity index (χ0) is 22.4. The molecule has 0 aromatic carbocycles. The largest absolute Gasteiger partial charge is 0.494 e. The summed E-state index contributed by atoms with van der Waals surface area (Å²) >= 11 is 0. The number of carbonyl (C=O) groups is 1. The van der Waals surface area contributed by atoms with Crippen molar-refractivity contribution in [2.45, 2.75) is 33.7 Å². The number of pyridine rings is 1. The van der Waals surface area contributed by atoms with Crippen LogP contribution in [-0.2, 0) is 4.74 Å². The summed E-state index contributed by atoms with van der Waals surface area (Å²) in [6, 6.07) is 5.67. The van der Waals surface area contributed by atoms with E-state index in [-0.39, 0.29) is 12.1 Å². The second-order valence-electron chi connectivity index (χ2n) is 7.89. The molecule has 0 aliphatic rings. The third kappa shape index (κ3) is 5.42. The lowest BCUT2D eigenvalue weighted by Crippen LogP contribution is -2.40. The summed E-state index contributed by atoms with van der Waals surface area (Å²) < 4.78 is 12.6. The Balaban J connectivity index is 1.71. The minimum Gasteiger partial charge on any atom is -0.494 e. The van der Waals surface area contributed by atoms with Crippen molar-refractivity contribution in [2.75, 3.05) is 32.1 Å². The average Bonchev–Trinajstić information content (AvgIpc) is 3.17. The first-order valence-corrected chi connectivity index (χ1v) is 10.4. The summed E-state index contributed by atoms with van der Waals surface area (Å²) in [6.45, 7) is 9.43. The molecule has 3 rings (SSSR count). The van der Waals surface area contributed by atoms with Crippen LogP contribution in [0.2, 0.25) is 0 Å². The topological polar surface area (TPSA) is 93.9 Å². The van der Waals surface area contributed by atoms with E-state index in [4.69, 9.17) is 9.47 Å². The van der Waals surface area contributed by atoms with E-state index in [9.17, 15) is 4.79 Å². The molecule has 3 aromatic heterocycles. The molecular formula is C22H30N6O3. The third-order valence-corrected chi connectivity index (χ3v) is 4.70. The van der Waals surface area contributed by atoms with E-state index >= 15 is 0 Å². The highest BCUT2D eigenvalue weighted by molar-refractivity contribution is 5.69. The lowest BCUT2D eigenvalue weighted by Gasteiger charge is -2.26. The minimum atomic E-state index is -0.296. The minimum absolute atomic E-state index is 0.0382. The summed E-state index contributed by atoms with van der Waals surface area (Å²) in [4.78, 5) is 22.6. The van der Waals surface area contributed by atoms with Gasteiger partial charge in [-0.15, -0.1) is 5.10 Å². The van der Waals surface area contributed by atoms with Gasteiger partial charge in [-0.25, -0.2) is 14.3 Å². The Morgan fingerprint density at radius 2 is 2.00 bits per heavy atom. The summed E-state index contributed by atoms with van der Waals surface area (Å²) in [5.41, 5.74) is 2.38. The zero-order valence-corrected chi connectivity index (χ0v) is 18.7. The molecule has 1 amide bonds. The number of amides is 1. The Morgan fingerprint density at radius 1 is 1.19 bits per heavy atom. The quantitative estimate of drug-likeness (QED) is 0.557. The van der Waals surface area contributed by atoms with Crippen LogP contribution >= 0.6 is 0 Å². The molecule has 0 saturated carbocycles. The highest BCUT2D eigenvalue weighted by Crippen LogP contribution is 2.29. The monoisotopic (exact) mass is 426 g/mol. The van der Waals surface area contributed by atoms with Gasteiger partial charge in [0.05, 0.1) is 31.8 Å². The number of nitrogens with one attached hydrogen (secondary N) is 1. The predicted molar refractivity (Wildman–Crippen MR) is 119 cm³/mol. The van der Waals surface area contributed by atoms with Gasteiger partial charge >= 0.3 is 6.09 Å². The van der Waals surface area contributed by atoms with Crippen LogP contribution in [0.3, 0.4) is 0 Å². The summed E-state index contributed by atoms with van der Waals surface area (Å²) in [6.07, 6.45) is 4.83. The Morgan fingerprint density at radius 3 is 2.71 bits per heavy atom. The number of imidazole rings is 1. The number of hydrogen-bond acceptors (Lipinski definition) is 7. The van der Waals surface area contributed by atoms with Gasteiger partial charge in [0.15, 0.2) is 5.65 Å². The maximum atomic E-state index is 12.4. The molecule has 0 atom stereocenters. The maximum absolute atomic E-state index is 12.4. The third-order valence-electron chi connectivity index (χ3n) is 4.70. The van der Waals surface area contributed by atoms with E-state index in [1.165, 1.54) is 0 Å². The Hall–Kier alpha value is -3.36. The number of hydrogen-bond donors (Lipinski definition) is 1. The van der Waals surface area contributed by atoms with E-state index in [0.717, 1.165) is 16.9 Å². The number of methoxy groups -OCH3 is 1. The van der Waals surface area contributed by atoms with E-state index < -0.39 is 0 Å². The van der Waals surface area contributed by atoms with Crippen molar-refractivity contribution in [3.63, 3.8) is 0 Å². The number of nitrogens with zero attached hydrogens (tertiary/aromatic N) is 5. The van der Waals surface area contributed by atoms with Crippen LogP contribution in [-0.4, -0.2) is 63.4 Å². The van der Waals surface area contributed by atoms with Crippen LogP contribution in [0.5, 0.6) is 5.75 Å². The van der Waals surface area contributed by atoms with Gasteiger partial charge in [-0.1, -0.05) is 13.8 Å². The van der Waals surface area contributed by atoms with Crippen molar-refractivity contribution in [1.82, 2.24) is 24.5 Å². The van der Waals surface area contributed by atoms with Crippen LogP contribution in [0.25, 0.3) is 16.9 Å². The number of fused-ring (bicyclic) bond motifs is 1. The molecule has 31 heavy (non-hydrogen) atoms. The fraction of sp³-hybridized carbons (Fsp3) is 0.455. The van der Waals surface area contributed by atoms with E-state index in [2.05, 4.69) is 20.4 Å². The van der Waals surface area contributed by atoms with Gasteiger partial charge < -0.3 is 19.7 Å². The number of aromatic nitrogens is 4. The van der Waals surface area contributed by atoms with Crippen LogP contribution in [0.4, 0.5) is 10.6 Å². The molecule has 9 nitrogen and oxygen atoms in total. The molecule has 0 aliphatic carbocycles. The predicted octanol–water partition coefficient (Wildman–Crippen LogP) is 3.71. The number of anilines is 1. The van der Waals surface area contributed by atoms with Gasteiger partial charge in [-0.2, -0.15) is 0 Å². The smallest absolute Gasteiger partial charge is 0.410 e. The molecule has 166 valence electrons. The van der Waals surface area contributed by atoms with Crippen molar-refractivity contribution in [3.05, 3.63) is 36.8 Å². The Labute approximate surface area is 182 Å². The second-order valence-corrected chi connectivity index (χ2v) is 7.89. The first-order valence-electron chi connectivity index (χ1n) is 10.4. The van der Waals surface area contributed by atoms with Gasteiger partial charge in [0, 0.05) is 30.9 Å². The first-order chi connectivity index (χ1) is 14.9. The van der Waals surface area contributed by atoms with Crippen LogP contribution in [0.15, 0.2) is 36.8 Å². The number of ether oxygens (including phenoxy) is 2. The summed E-state index contributed by atoms with van der Waals surface area (Å²) in [5, 5.41) is 7.95. The van der Waals surface area contributed by atoms with Gasteiger partial charge in [-0.05, 0) is 38.0 Å². The van der Waals surface area contributed by atoms with Crippen molar-refractivity contribution < 1.29 is 14.3 Å². The fourth-order valence-electron chi connectivity index (χ4n) is 3.09. The standard InChI is InChI=1S/C22H30N6O3/c1-15(2)14-31-22(29)27(16(3)4)11-10-24-20-6-7-21-25-12-18(28(21)26-20)17-8-9-23-13-19(17)30-5/h6-9,12-13,15-16H,10-11,14H2,1-5H3,(H,24,26). The van der Waals surface area contributed by atoms with Gasteiger partial charge in [0.25, 0.3) is 0 Å². The summed E-state index contributed by atoms with van der Waals surface area (Å²) in [7, 11) is 1.61. The SMILES string of the molecule is COc1cnccc1-c1cnc2ccc(NCCN(C(=O)OCC(C)C)C(C)C)nn12. The molecule has 0 bridgehead atoms. The Bertz CT molecular complexity index is 1020. The highest BCUT2D eigenvalue weighted by Gasteiger charge is 2.18. The van der Waals surface area contributed by atoms with Gasteiger partial charge in [-0.3, -0.25) is 4.98 Å². The molecule has 0 saturated heterocycles. The molecule has 0 radical (unpaired) electrons. The first kappa shape index (κ1) is 22.3. The van der Waals surface area contributed by atoms with Gasteiger partial charge in [0.1, 0.15) is 11.6 Å². The van der Waals surface area contributed by atoms with Crippen molar-refractivity contribution >= 4 is 17.6 Å². The fourth-order valence-corrected chi connectivity index (χ4v) is 3.09. The average molecular weight is 427 g/mol. The molecule has 1 N–H and O–H groups in total. The van der Waals surface area contributed by atoms with Crippen LogP contribution in [0.1, 0.15) is 27.7 Å². The van der Waals surface area contributed by atoms with Crippen LogP contribution in [0, 0.1) is 5.92 Å². The molecule has 3 aromatic rings. The normalized spacial score (nSPS) is 11.2. The number of rotatable bonds is 9. The summed E-state index contributed by atoms with van der Waals surface area (Å²) in [5.74, 6) is 1.63. The second kappa shape index (κ2) is 10.1. The van der Waals surface area contributed by atoms with E-state index in [1.807, 2.05) is 45.9 Å². The molecule has 0 spiro atoms. The Kier molecular flexibility index (Phi) is 7.28. The lowest BCUT2D eigenvalue weighted by atomic mass is 10.2. The van der Waals surface area contributed by atoms with Gasteiger partial charge in [0.2, 0.25) is 0 Å².